The summed E-state index contributed by atoms with van der Waals surface area (Å²) in [5.41, 5.74) is 0. The van der Waals surface area contributed by atoms with Crippen LogP contribution in [0.15, 0.2) is 36.5 Å². The summed E-state index contributed by atoms with van der Waals surface area (Å²) < 4.78 is 23.7. The lowest BCUT2D eigenvalue weighted by Gasteiger charge is -2.25. The van der Waals surface area contributed by atoms with Crippen LogP contribution in [-0.4, -0.2) is 73.4 Å². The van der Waals surface area contributed by atoms with Crippen LogP contribution < -0.4 is 5.32 Å². The van der Waals surface area contributed by atoms with E-state index in [4.69, 9.17) is 9.05 Å². The highest BCUT2D eigenvalue weighted by Crippen LogP contribution is 2.43. The molecule has 0 radical (unpaired) electrons. The average molecular weight is 995 g/mol. The van der Waals surface area contributed by atoms with Crippen LogP contribution in [0.3, 0.4) is 0 Å². The Hall–Kier alpha value is -1.28. The number of rotatable bonds is 55. The number of phosphoric ester groups is 1. The number of carbonyl (C=O) groups excluding carboxylic acids is 1. The molecular formula is C60H118N2O6P+. The molecule has 0 aliphatic heterocycles. The minimum absolute atomic E-state index is 0.0552. The van der Waals surface area contributed by atoms with E-state index in [1.807, 2.05) is 27.2 Å². The number of aliphatic hydroxyl groups is 1. The first kappa shape index (κ1) is 67.7. The summed E-state index contributed by atoms with van der Waals surface area (Å²) in [6.45, 7) is 4.83. The molecular weight excluding hydrogens is 876 g/mol. The van der Waals surface area contributed by atoms with Crippen molar-refractivity contribution in [2.24, 2.45) is 0 Å². The molecule has 0 rings (SSSR count). The highest BCUT2D eigenvalue weighted by molar-refractivity contribution is 7.47. The molecule has 3 atom stereocenters. The van der Waals surface area contributed by atoms with Gasteiger partial charge in [-0.3, -0.25) is 13.8 Å². The van der Waals surface area contributed by atoms with E-state index in [1.165, 1.54) is 225 Å². The highest BCUT2D eigenvalue weighted by Gasteiger charge is 2.27. The van der Waals surface area contributed by atoms with Gasteiger partial charge in [0.1, 0.15) is 13.2 Å². The lowest BCUT2D eigenvalue weighted by atomic mass is 10.0. The van der Waals surface area contributed by atoms with Crippen LogP contribution in [0.25, 0.3) is 0 Å². The van der Waals surface area contributed by atoms with Crippen molar-refractivity contribution in [3.05, 3.63) is 36.5 Å². The van der Waals surface area contributed by atoms with Crippen molar-refractivity contribution in [1.82, 2.24) is 5.32 Å². The highest BCUT2D eigenvalue weighted by atomic mass is 31.2. The Balaban J connectivity index is 4.21. The lowest BCUT2D eigenvalue weighted by molar-refractivity contribution is -0.870. The van der Waals surface area contributed by atoms with Crippen LogP contribution in [0.1, 0.15) is 290 Å². The molecule has 0 heterocycles. The molecule has 408 valence electrons. The van der Waals surface area contributed by atoms with Crippen molar-refractivity contribution in [3.8, 4) is 0 Å². The van der Waals surface area contributed by atoms with Crippen LogP contribution in [0.5, 0.6) is 0 Å². The zero-order valence-electron chi connectivity index (χ0n) is 46.6. The number of likely N-dealkylation sites (N-methyl/N-ethyl adjacent to an activating group) is 1. The quantitative estimate of drug-likeness (QED) is 0.0243. The molecule has 69 heavy (non-hydrogen) atoms. The standard InChI is InChI=1S/C60H117N2O6P/c1-6-8-10-12-14-16-18-20-22-24-26-28-29-30-31-32-34-36-38-40-42-44-46-48-50-52-54-60(64)61-58(57-68-69(65,66)67-56-55-62(3,4)5)59(63)53-51-49-47-45-43-41-39-37-35-33-27-25-23-21-19-17-15-13-11-9-7-2/h35,37,43,45,51,53,58-59,63H,6-34,36,38-42,44,46-50,52,54-57H2,1-5H3,(H-,61,64,65,66)/p+1/b37-35+,45-43+,53-51+. The van der Waals surface area contributed by atoms with Crippen molar-refractivity contribution in [1.29, 1.82) is 0 Å². The summed E-state index contributed by atoms with van der Waals surface area (Å²) in [6.07, 6.45) is 66.9. The fourth-order valence-corrected chi connectivity index (χ4v) is 9.64. The van der Waals surface area contributed by atoms with E-state index in [1.54, 1.807) is 6.08 Å². The van der Waals surface area contributed by atoms with Gasteiger partial charge in [-0.05, 0) is 44.9 Å². The van der Waals surface area contributed by atoms with Gasteiger partial charge in [0.25, 0.3) is 0 Å². The van der Waals surface area contributed by atoms with E-state index in [0.29, 0.717) is 17.4 Å². The van der Waals surface area contributed by atoms with Gasteiger partial charge in [0.2, 0.25) is 5.91 Å². The Labute approximate surface area is 429 Å². The number of nitrogens with one attached hydrogen (secondary N) is 1. The molecule has 9 heteroatoms. The molecule has 0 aliphatic carbocycles. The maximum Gasteiger partial charge on any atom is 0.472 e. The number of quaternary nitrogens is 1. The van der Waals surface area contributed by atoms with E-state index in [0.717, 1.165) is 44.9 Å². The summed E-state index contributed by atoms with van der Waals surface area (Å²) in [7, 11) is 1.56. The Morgan fingerprint density at radius 2 is 0.797 bits per heavy atom. The van der Waals surface area contributed by atoms with E-state index in [9.17, 15) is 19.4 Å². The van der Waals surface area contributed by atoms with E-state index >= 15 is 0 Å². The number of amides is 1. The van der Waals surface area contributed by atoms with Crippen LogP contribution >= 0.6 is 7.82 Å². The molecule has 0 bridgehead atoms. The Bertz CT molecular complexity index is 1220. The summed E-state index contributed by atoms with van der Waals surface area (Å²) in [4.78, 5) is 23.3. The van der Waals surface area contributed by atoms with Gasteiger partial charge in [-0.15, -0.1) is 0 Å². The molecule has 0 aromatic rings. The zero-order chi connectivity index (χ0) is 50.6. The Morgan fingerprint density at radius 3 is 1.16 bits per heavy atom. The molecule has 0 spiro atoms. The number of carbonyl (C=O) groups is 1. The first-order valence-electron chi connectivity index (χ1n) is 29.9. The van der Waals surface area contributed by atoms with E-state index < -0.39 is 20.0 Å². The number of unbranched alkanes of at least 4 members (excludes halogenated alkanes) is 38. The van der Waals surface area contributed by atoms with Crippen molar-refractivity contribution in [3.63, 3.8) is 0 Å². The summed E-state index contributed by atoms with van der Waals surface area (Å²) >= 11 is 0. The number of hydrogen-bond acceptors (Lipinski definition) is 5. The summed E-state index contributed by atoms with van der Waals surface area (Å²) in [5, 5.41) is 13.9. The second-order valence-corrected chi connectivity index (χ2v) is 23.2. The molecule has 8 nitrogen and oxygen atoms in total. The van der Waals surface area contributed by atoms with E-state index in [-0.39, 0.29) is 19.1 Å². The van der Waals surface area contributed by atoms with Crippen molar-refractivity contribution >= 4 is 13.7 Å². The number of allylic oxidation sites excluding steroid dienone is 5. The minimum atomic E-state index is -4.36. The van der Waals surface area contributed by atoms with Gasteiger partial charge < -0.3 is 19.8 Å². The second kappa shape index (κ2) is 51.6. The number of nitrogens with zero attached hydrogens (tertiary/aromatic N) is 1. The maximum absolute atomic E-state index is 13.0. The minimum Gasteiger partial charge on any atom is -0.387 e. The summed E-state index contributed by atoms with van der Waals surface area (Å²) in [6, 6.07) is -0.868. The van der Waals surface area contributed by atoms with Gasteiger partial charge in [0.05, 0.1) is 39.9 Å². The molecule has 3 unspecified atom stereocenters. The van der Waals surface area contributed by atoms with Gasteiger partial charge >= 0.3 is 7.82 Å². The molecule has 0 fully saturated rings. The van der Waals surface area contributed by atoms with Gasteiger partial charge in [0, 0.05) is 6.42 Å². The number of phosphoric acid groups is 1. The van der Waals surface area contributed by atoms with Crippen LogP contribution in [-0.2, 0) is 18.4 Å². The third-order valence-corrected chi connectivity index (χ3v) is 14.6. The monoisotopic (exact) mass is 994 g/mol. The first-order chi connectivity index (χ1) is 33.5. The largest absolute Gasteiger partial charge is 0.472 e. The lowest BCUT2D eigenvalue weighted by Crippen LogP contribution is -2.45. The fourth-order valence-electron chi connectivity index (χ4n) is 8.90. The number of aliphatic hydroxyl groups excluding tert-OH is 1. The van der Waals surface area contributed by atoms with Crippen molar-refractivity contribution < 1.29 is 32.9 Å². The van der Waals surface area contributed by atoms with Crippen LogP contribution in [0.2, 0.25) is 0 Å². The molecule has 3 N–H and O–H groups in total. The smallest absolute Gasteiger partial charge is 0.387 e. The van der Waals surface area contributed by atoms with Gasteiger partial charge in [-0.25, -0.2) is 4.57 Å². The third-order valence-electron chi connectivity index (χ3n) is 13.6. The molecule has 0 saturated carbocycles. The second-order valence-electron chi connectivity index (χ2n) is 21.7. The topological polar surface area (TPSA) is 105 Å². The Morgan fingerprint density at radius 1 is 0.478 bits per heavy atom. The van der Waals surface area contributed by atoms with E-state index in [2.05, 4.69) is 43.5 Å². The predicted molar refractivity (Wildman–Crippen MR) is 300 cm³/mol. The van der Waals surface area contributed by atoms with Gasteiger partial charge in [-0.2, -0.15) is 0 Å². The SMILES string of the molecule is CCCCCCCCCCCCC/C=C/CC/C=C/CC/C=C/C(O)C(COP(=O)(O)OCC[N+](C)(C)C)NC(=O)CCCCCCCCCCCCCCCCCCCCCCCCCCCC. The van der Waals surface area contributed by atoms with Gasteiger partial charge in [0.15, 0.2) is 0 Å². The van der Waals surface area contributed by atoms with Gasteiger partial charge in [-0.1, -0.05) is 275 Å². The predicted octanol–water partition coefficient (Wildman–Crippen LogP) is 18.2. The molecule has 1 amide bonds. The van der Waals surface area contributed by atoms with Crippen LogP contribution in [0.4, 0.5) is 0 Å². The molecule has 0 aliphatic rings. The van der Waals surface area contributed by atoms with Crippen molar-refractivity contribution in [2.75, 3.05) is 40.9 Å². The molecule has 0 aromatic carbocycles. The fraction of sp³-hybridized carbons (Fsp3) is 0.883. The summed E-state index contributed by atoms with van der Waals surface area (Å²) in [5.74, 6) is -0.185. The van der Waals surface area contributed by atoms with Crippen molar-refractivity contribution in [2.45, 2.75) is 302 Å². The zero-order valence-corrected chi connectivity index (χ0v) is 47.5. The van der Waals surface area contributed by atoms with Crippen LogP contribution in [0, 0.1) is 0 Å². The number of hydrogen-bond donors (Lipinski definition) is 3. The molecule has 0 aromatic heterocycles. The Kier molecular flexibility index (Phi) is 50.7. The average Bonchev–Trinajstić information content (AvgIpc) is 3.31. The maximum atomic E-state index is 13.0. The molecule has 0 saturated heterocycles. The normalized spacial score (nSPS) is 14.1. The first-order valence-corrected chi connectivity index (χ1v) is 31.4. The third kappa shape index (κ3) is 54.3.